The third kappa shape index (κ3) is 2.64. The van der Waals surface area contributed by atoms with Crippen molar-refractivity contribution < 1.29 is 0 Å². The minimum absolute atomic E-state index is 0.893. The summed E-state index contributed by atoms with van der Waals surface area (Å²) >= 11 is 0. The molecule has 0 bridgehead atoms. The van der Waals surface area contributed by atoms with Crippen molar-refractivity contribution in [2.45, 2.75) is 26.8 Å². The molecule has 0 saturated carbocycles. The largest absolute Gasteiger partial charge is 0.354 e. The van der Waals surface area contributed by atoms with Gasteiger partial charge in [-0.15, -0.1) is 0 Å². The third-order valence-corrected chi connectivity index (χ3v) is 6.15. The molecule has 0 fully saturated rings. The van der Waals surface area contributed by atoms with Crippen LogP contribution in [0.4, 0.5) is 0 Å². The highest BCUT2D eigenvalue weighted by atomic mass is 15.3. The molecule has 6 heteroatoms. The van der Waals surface area contributed by atoms with Crippen molar-refractivity contribution in [1.29, 1.82) is 0 Å². The molecule has 0 spiro atoms. The molecule has 2 N–H and O–H groups in total. The van der Waals surface area contributed by atoms with Crippen LogP contribution < -0.4 is 5.32 Å². The molecule has 6 nitrogen and oxygen atoms in total. The van der Waals surface area contributed by atoms with Crippen molar-refractivity contribution in [3.63, 3.8) is 0 Å². The summed E-state index contributed by atoms with van der Waals surface area (Å²) < 4.78 is 1.84. The monoisotopic (exact) mass is 394 g/mol. The molecule has 5 heterocycles. The van der Waals surface area contributed by atoms with Gasteiger partial charge in [0.1, 0.15) is 6.33 Å². The molecule has 0 saturated heterocycles. The van der Waals surface area contributed by atoms with Crippen LogP contribution in [0.1, 0.15) is 22.4 Å². The summed E-state index contributed by atoms with van der Waals surface area (Å²) in [4.78, 5) is 12.7. The number of pyridine rings is 2. The van der Waals surface area contributed by atoms with Crippen LogP contribution in [0.5, 0.6) is 0 Å². The molecule has 1 aliphatic heterocycles. The molecule has 0 atom stereocenters. The van der Waals surface area contributed by atoms with E-state index in [1.54, 1.807) is 6.33 Å². The highest BCUT2D eigenvalue weighted by Gasteiger charge is 2.15. The molecular weight excluding hydrogens is 372 g/mol. The van der Waals surface area contributed by atoms with Gasteiger partial charge < -0.3 is 10.3 Å². The lowest BCUT2D eigenvalue weighted by Gasteiger charge is -2.16. The summed E-state index contributed by atoms with van der Waals surface area (Å²) in [6.45, 7) is 6.15. The van der Waals surface area contributed by atoms with E-state index in [0.29, 0.717) is 0 Å². The van der Waals surface area contributed by atoms with Gasteiger partial charge in [-0.25, -0.2) is 9.50 Å². The lowest BCUT2D eigenvalue weighted by atomic mass is 10.00. The summed E-state index contributed by atoms with van der Waals surface area (Å²) in [5.41, 5.74) is 11.5. The Labute approximate surface area is 174 Å². The van der Waals surface area contributed by atoms with Crippen LogP contribution in [-0.4, -0.2) is 31.1 Å². The van der Waals surface area contributed by atoms with Gasteiger partial charge in [0.25, 0.3) is 0 Å². The zero-order valence-electron chi connectivity index (χ0n) is 17.0. The van der Waals surface area contributed by atoms with Crippen molar-refractivity contribution in [3.05, 3.63) is 71.4 Å². The quantitative estimate of drug-likeness (QED) is 0.471. The minimum atomic E-state index is 0.893. The Hall–Kier alpha value is -3.51. The topological polar surface area (TPSA) is 70.9 Å². The molecule has 5 aromatic rings. The smallest absolute Gasteiger partial charge is 0.158 e. The van der Waals surface area contributed by atoms with Crippen LogP contribution in [0.15, 0.2) is 49.1 Å². The molecule has 1 aliphatic rings. The number of hydrogen-bond donors (Lipinski definition) is 2. The van der Waals surface area contributed by atoms with E-state index in [-0.39, 0.29) is 0 Å². The van der Waals surface area contributed by atoms with Gasteiger partial charge in [-0.05, 0) is 54.3 Å². The summed E-state index contributed by atoms with van der Waals surface area (Å²) in [5, 5.41) is 8.99. The lowest BCUT2D eigenvalue weighted by molar-refractivity contribution is 0.630. The number of hydrogen-bond acceptors (Lipinski definition) is 4. The van der Waals surface area contributed by atoms with E-state index in [4.69, 9.17) is 4.98 Å². The van der Waals surface area contributed by atoms with Gasteiger partial charge in [0.2, 0.25) is 0 Å². The summed E-state index contributed by atoms with van der Waals surface area (Å²) in [6.07, 6.45) is 6.64. The van der Waals surface area contributed by atoms with Crippen LogP contribution in [0.3, 0.4) is 0 Å². The molecule has 0 radical (unpaired) electrons. The highest BCUT2D eigenvalue weighted by Crippen LogP contribution is 2.33. The fourth-order valence-electron chi connectivity index (χ4n) is 4.54. The van der Waals surface area contributed by atoms with E-state index in [1.165, 1.54) is 27.8 Å². The van der Waals surface area contributed by atoms with E-state index in [9.17, 15) is 0 Å². The van der Waals surface area contributed by atoms with E-state index in [1.807, 2.05) is 16.9 Å². The second kappa shape index (κ2) is 6.50. The third-order valence-electron chi connectivity index (χ3n) is 6.15. The van der Waals surface area contributed by atoms with E-state index >= 15 is 0 Å². The van der Waals surface area contributed by atoms with Gasteiger partial charge >= 0.3 is 0 Å². The number of rotatable bonds is 2. The van der Waals surface area contributed by atoms with Crippen LogP contribution in [0.25, 0.3) is 38.9 Å². The van der Waals surface area contributed by atoms with Gasteiger partial charge in [0, 0.05) is 59.6 Å². The fourth-order valence-corrected chi connectivity index (χ4v) is 4.54. The van der Waals surface area contributed by atoms with Crippen LogP contribution in [-0.2, 0) is 13.0 Å². The standard InChI is InChI=1S/C24H22N6/c1-14-7-19(12-30-24(14)27-13-28-30)23-15(2)20-4-3-16(9-22(20)29-23)17-8-18-10-25-6-5-21(18)26-11-17/h3-4,7-9,11-13,25,29H,5-6,10H2,1-2H3. The molecule has 6 rings (SSSR count). The Morgan fingerprint density at radius 2 is 1.93 bits per heavy atom. The van der Waals surface area contributed by atoms with Gasteiger partial charge in [0.15, 0.2) is 5.65 Å². The first-order chi connectivity index (χ1) is 14.7. The molecule has 0 unspecified atom stereocenters. The number of fused-ring (bicyclic) bond motifs is 3. The maximum Gasteiger partial charge on any atom is 0.158 e. The lowest BCUT2D eigenvalue weighted by Crippen LogP contribution is -2.24. The fraction of sp³-hybridized carbons (Fsp3) is 0.208. The predicted octanol–water partition coefficient (Wildman–Crippen LogP) is 4.20. The zero-order chi connectivity index (χ0) is 20.2. The number of benzene rings is 1. The van der Waals surface area contributed by atoms with Gasteiger partial charge in [0.05, 0.1) is 5.69 Å². The average molecular weight is 394 g/mol. The first-order valence-corrected chi connectivity index (χ1v) is 10.3. The van der Waals surface area contributed by atoms with Crippen LogP contribution in [0, 0.1) is 13.8 Å². The maximum absolute atomic E-state index is 4.71. The van der Waals surface area contributed by atoms with Crippen molar-refractivity contribution in [1.82, 2.24) is 29.9 Å². The van der Waals surface area contributed by atoms with E-state index in [0.717, 1.165) is 53.1 Å². The predicted molar refractivity (Wildman–Crippen MR) is 118 cm³/mol. The Morgan fingerprint density at radius 1 is 1.00 bits per heavy atom. The zero-order valence-corrected chi connectivity index (χ0v) is 17.0. The molecular formula is C24H22N6. The molecule has 4 aromatic heterocycles. The average Bonchev–Trinajstić information content (AvgIpc) is 3.38. The van der Waals surface area contributed by atoms with Crippen molar-refractivity contribution in [2.24, 2.45) is 0 Å². The van der Waals surface area contributed by atoms with Gasteiger partial charge in [-0.2, -0.15) is 5.10 Å². The summed E-state index contributed by atoms with van der Waals surface area (Å²) in [6, 6.07) is 11.1. The first-order valence-electron chi connectivity index (χ1n) is 10.3. The molecule has 0 amide bonds. The maximum atomic E-state index is 4.71. The molecule has 1 aromatic carbocycles. The minimum Gasteiger partial charge on any atom is -0.354 e. The highest BCUT2D eigenvalue weighted by molar-refractivity contribution is 5.93. The Morgan fingerprint density at radius 3 is 2.87 bits per heavy atom. The van der Waals surface area contributed by atoms with E-state index < -0.39 is 0 Å². The van der Waals surface area contributed by atoms with Gasteiger partial charge in [-0.1, -0.05) is 12.1 Å². The number of nitrogens with one attached hydrogen (secondary N) is 2. The number of H-pyrrole nitrogens is 1. The number of aromatic amines is 1. The summed E-state index contributed by atoms with van der Waals surface area (Å²) in [7, 11) is 0. The van der Waals surface area contributed by atoms with E-state index in [2.05, 4.69) is 64.6 Å². The number of aromatic nitrogens is 5. The second-order valence-corrected chi connectivity index (χ2v) is 8.08. The second-order valence-electron chi connectivity index (χ2n) is 8.08. The Kier molecular flexibility index (Phi) is 3.76. The van der Waals surface area contributed by atoms with Gasteiger partial charge in [-0.3, -0.25) is 4.98 Å². The number of nitrogens with zero attached hydrogens (tertiary/aromatic N) is 4. The van der Waals surface area contributed by atoms with Crippen molar-refractivity contribution >= 4 is 16.6 Å². The normalized spacial score (nSPS) is 13.8. The van der Waals surface area contributed by atoms with Crippen LogP contribution in [0.2, 0.25) is 0 Å². The Balaban J connectivity index is 1.46. The van der Waals surface area contributed by atoms with Crippen molar-refractivity contribution in [3.8, 4) is 22.4 Å². The molecule has 30 heavy (non-hydrogen) atoms. The molecule has 148 valence electrons. The molecule has 0 aliphatic carbocycles. The first kappa shape index (κ1) is 17.4. The SMILES string of the molecule is Cc1c(-c2cc(C)c3ncnn3c2)[nH]c2cc(-c3cnc4c(c3)CNCC4)ccc12. The summed E-state index contributed by atoms with van der Waals surface area (Å²) in [5.74, 6) is 0. The number of aryl methyl sites for hydroxylation is 2. The van der Waals surface area contributed by atoms with Crippen molar-refractivity contribution in [2.75, 3.05) is 6.54 Å². The Bertz CT molecular complexity index is 1420. The van der Waals surface area contributed by atoms with Crippen LogP contribution >= 0.6 is 0 Å².